The molecule has 0 aliphatic carbocycles. The molecule has 1 aromatic heterocycles. The fourth-order valence-electron chi connectivity index (χ4n) is 2.01. The Morgan fingerprint density at radius 3 is 2.73 bits per heavy atom. The number of aliphatic carboxylic acids is 1. The molecule has 15 heavy (non-hydrogen) atoms. The topological polar surface area (TPSA) is 62.2 Å². The van der Waals surface area contributed by atoms with E-state index in [1.165, 1.54) is 11.5 Å². The van der Waals surface area contributed by atoms with Gasteiger partial charge in [0.15, 0.2) is 0 Å². The first-order valence-electron chi connectivity index (χ1n) is 5.03. The molecule has 2 N–H and O–H groups in total. The first kappa shape index (κ1) is 10.6. The molecule has 0 amide bonds. The summed E-state index contributed by atoms with van der Waals surface area (Å²) in [5, 5.41) is 12.6. The molecule has 1 aliphatic heterocycles. The van der Waals surface area contributed by atoms with Gasteiger partial charge in [-0.15, -0.1) is 0 Å². The van der Waals surface area contributed by atoms with Crippen LogP contribution < -0.4 is 5.32 Å². The van der Waals surface area contributed by atoms with Gasteiger partial charge in [0.2, 0.25) is 0 Å². The molecule has 0 bridgehead atoms. The summed E-state index contributed by atoms with van der Waals surface area (Å²) in [6.07, 6.45) is 1.31. The highest BCUT2D eigenvalue weighted by Crippen LogP contribution is 2.36. The zero-order valence-corrected chi connectivity index (χ0v) is 9.43. The molecule has 0 saturated carbocycles. The van der Waals surface area contributed by atoms with Crippen LogP contribution >= 0.6 is 11.5 Å². The van der Waals surface area contributed by atoms with Crippen LogP contribution in [0.1, 0.15) is 23.4 Å². The third-order valence-corrected chi connectivity index (χ3v) is 4.05. The predicted molar refractivity (Wildman–Crippen MR) is 58.3 cm³/mol. The molecule has 1 saturated heterocycles. The van der Waals surface area contributed by atoms with Gasteiger partial charge < -0.3 is 10.4 Å². The average Bonchev–Trinajstić information content (AvgIpc) is 2.66. The van der Waals surface area contributed by atoms with Crippen LogP contribution in [0, 0.1) is 6.92 Å². The van der Waals surface area contributed by atoms with Crippen LogP contribution in [0.15, 0.2) is 6.07 Å². The van der Waals surface area contributed by atoms with Gasteiger partial charge in [0.25, 0.3) is 0 Å². The summed E-state index contributed by atoms with van der Waals surface area (Å²) in [4.78, 5) is 12.3. The number of carbonyl (C=O) groups is 1. The van der Waals surface area contributed by atoms with Crippen molar-refractivity contribution in [3.63, 3.8) is 0 Å². The number of carboxylic acid groups (broad SMARTS) is 1. The number of rotatable bonds is 2. The minimum atomic E-state index is -0.715. The summed E-state index contributed by atoms with van der Waals surface area (Å²) < 4.78 is 4.18. The number of aryl methyl sites for hydroxylation is 1. The molecule has 0 atom stereocenters. The molecule has 4 nitrogen and oxygen atoms in total. The summed E-state index contributed by atoms with van der Waals surface area (Å²) >= 11 is 1.32. The second-order valence-electron chi connectivity index (χ2n) is 3.97. The van der Waals surface area contributed by atoms with Crippen molar-refractivity contribution >= 4 is 17.5 Å². The van der Waals surface area contributed by atoms with Gasteiger partial charge in [0, 0.05) is 4.88 Å². The van der Waals surface area contributed by atoms with Crippen molar-refractivity contribution in [3.05, 3.63) is 16.6 Å². The van der Waals surface area contributed by atoms with Gasteiger partial charge in [-0.05, 0) is 50.5 Å². The molecule has 0 spiro atoms. The van der Waals surface area contributed by atoms with Gasteiger partial charge in [0.05, 0.1) is 5.69 Å². The van der Waals surface area contributed by atoms with Crippen molar-refractivity contribution in [2.24, 2.45) is 0 Å². The maximum Gasteiger partial charge on any atom is 0.315 e. The fourth-order valence-corrected chi connectivity index (χ4v) is 2.99. The van der Waals surface area contributed by atoms with E-state index in [4.69, 9.17) is 0 Å². The smallest absolute Gasteiger partial charge is 0.315 e. The number of hydrogen-bond acceptors (Lipinski definition) is 4. The van der Waals surface area contributed by atoms with E-state index in [1.807, 2.05) is 13.0 Å². The van der Waals surface area contributed by atoms with Crippen molar-refractivity contribution in [1.29, 1.82) is 0 Å². The Balaban J connectivity index is 2.37. The van der Waals surface area contributed by atoms with E-state index >= 15 is 0 Å². The molecule has 2 heterocycles. The van der Waals surface area contributed by atoms with Crippen LogP contribution in [0.3, 0.4) is 0 Å². The molecule has 1 aliphatic rings. The minimum absolute atomic E-state index is 0.657. The van der Waals surface area contributed by atoms with Crippen LogP contribution in [-0.4, -0.2) is 28.5 Å². The maximum atomic E-state index is 11.4. The number of carboxylic acids is 1. The number of nitrogens with one attached hydrogen (secondary N) is 1. The summed E-state index contributed by atoms with van der Waals surface area (Å²) in [5.41, 5.74) is 0.214. The van der Waals surface area contributed by atoms with Gasteiger partial charge >= 0.3 is 5.97 Å². The molecule has 0 unspecified atom stereocenters. The quantitative estimate of drug-likeness (QED) is 0.794. The Bertz CT molecular complexity index is 369. The Morgan fingerprint density at radius 2 is 2.27 bits per heavy atom. The molecule has 82 valence electrons. The lowest BCUT2D eigenvalue weighted by atomic mass is 9.77. The number of piperidine rings is 1. The van der Waals surface area contributed by atoms with Crippen molar-refractivity contribution in [2.75, 3.05) is 13.1 Å². The Morgan fingerprint density at radius 1 is 1.60 bits per heavy atom. The van der Waals surface area contributed by atoms with Crippen molar-refractivity contribution in [2.45, 2.75) is 25.2 Å². The largest absolute Gasteiger partial charge is 0.481 e. The Labute approximate surface area is 92.5 Å². The molecule has 5 heteroatoms. The fraction of sp³-hybridized carbons (Fsp3) is 0.600. The van der Waals surface area contributed by atoms with E-state index in [0.717, 1.165) is 23.7 Å². The highest BCUT2D eigenvalue weighted by molar-refractivity contribution is 7.06. The molecule has 1 fully saturated rings. The minimum Gasteiger partial charge on any atom is -0.481 e. The highest BCUT2D eigenvalue weighted by atomic mass is 32.1. The summed E-state index contributed by atoms with van der Waals surface area (Å²) in [6, 6.07) is 1.91. The van der Waals surface area contributed by atoms with E-state index in [0.29, 0.717) is 12.8 Å². The zero-order valence-electron chi connectivity index (χ0n) is 8.62. The molecule has 2 rings (SSSR count). The molecular formula is C10H14N2O2S. The molecular weight excluding hydrogens is 212 g/mol. The second kappa shape index (κ2) is 3.90. The van der Waals surface area contributed by atoms with Crippen LogP contribution in [0.5, 0.6) is 0 Å². The Hall–Kier alpha value is -0.940. The van der Waals surface area contributed by atoms with Crippen molar-refractivity contribution in [3.8, 4) is 0 Å². The summed E-state index contributed by atoms with van der Waals surface area (Å²) in [5.74, 6) is -0.715. The second-order valence-corrected chi connectivity index (χ2v) is 4.77. The van der Waals surface area contributed by atoms with Gasteiger partial charge in [-0.25, -0.2) is 0 Å². The first-order valence-corrected chi connectivity index (χ1v) is 5.80. The standard InChI is InChI=1S/C10H14N2O2S/c1-7-6-8(15-12-7)10(9(13)14)2-4-11-5-3-10/h6,11H,2-5H2,1H3,(H,13,14). The number of nitrogens with zero attached hydrogens (tertiary/aromatic N) is 1. The van der Waals surface area contributed by atoms with Gasteiger partial charge in [-0.3, -0.25) is 4.79 Å². The summed E-state index contributed by atoms with van der Waals surface area (Å²) in [6.45, 7) is 3.43. The van der Waals surface area contributed by atoms with E-state index in [-0.39, 0.29) is 0 Å². The molecule has 0 aromatic carbocycles. The third kappa shape index (κ3) is 1.77. The lowest BCUT2D eigenvalue weighted by Gasteiger charge is -2.32. The normalized spacial score (nSPS) is 20.1. The SMILES string of the molecule is Cc1cc(C2(C(=O)O)CCNCC2)sn1. The van der Waals surface area contributed by atoms with E-state index in [2.05, 4.69) is 9.69 Å². The van der Waals surface area contributed by atoms with Crippen molar-refractivity contribution in [1.82, 2.24) is 9.69 Å². The molecule has 1 aromatic rings. The first-order chi connectivity index (χ1) is 7.15. The van der Waals surface area contributed by atoms with E-state index < -0.39 is 11.4 Å². The zero-order chi connectivity index (χ0) is 10.9. The van der Waals surface area contributed by atoms with Crippen LogP contribution in [0.25, 0.3) is 0 Å². The van der Waals surface area contributed by atoms with Crippen LogP contribution in [0.2, 0.25) is 0 Å². The number of hydrogen-bond donors (Lipinski definition) is 2. The van der Waals surface area contributed by atoms with Crippen molar-refractivity contribution < 1.29 is 9.90 Å². The third-order valence-electron chi connectivity index (χ3n) is 2.97. The molecule has 0 radical (unpaired) electrons. The Kier molecular flexibility index (Phi) is 2.75. The average molecular weight is 226 g/mol. The monoisotopic (exact) mass is 226 g/mol. The van der Waals surface area contributed by atoms with E-state index in [1.54, 1.807) is 0 Å². The lowest BCUT2D eigenvalue weighted by molar-refractivity contribution is -0.144. The summed E-state index contributed by atoms with van der Waals surface area (Å²) in [7, 11) is 0. The maximum absolute atomic E-state index is 11.4. The van der Waals surface area contributed by atoms with Gasteiger partial charge in [0.1, 0.15) is 5.41 Å². The van der Waals surface area contributed by atoms with Crippen LogP contribution in [-0.2, 0) is 10.2 Å². The van der Waals surface area contributed by atoms with E-state index in [9.17, 15) is 9.90 Å². The van der Waals surface area contributed by atoms with Crippen LogP contribution in [0.4, 0.5) is 0 Å². The predicted octanol–water partition coefficient (Wildman–Crippen LogP) is 1.16. The van der Waals surface area contributed by atoms with Gasteiger partial charge in [-0.1, -0.05) is 0 Å². The highest BCUT2D eigenvalue weighted by Gasteiger charge is 2.42. The number of aromatic nitrogens is 1. The van der Waals surface area contributed by atoms with Gasteiger partial charge in [-0.2, -0.15) is 4.37 Å². The lowest BCUT2D eigenvalue weighted by Crippen LogP contribution is -2.45.